The van der Waals surface area contributed by atoms with Crippen molar-refractivity contribution in [2.24, 2.45) is 11.1 Å². The van der Waals surface area contributed by atoms with Gasteiger partial charge in [-0.15, -0.1) is 5.16 Å². The highest BCUT2D eigenvalue weighted by molar-refractivity contribution is 5.66. The molecule has 4 heteroatoms. The summed E-state index contributed by atoms with van der Waals surface area (Å²) in [5.74, 6) is 2.45. The molecule has 0 aromatic heterocycles. The minimum Gasteiger partial charge on any atom is -0.493 e. The van der Waals surface area contributed by atoms with Crippen LogP contribution in [0.5, 0.6) is 11.5 Å². The van der Waals surface area contributed by atoms with Gasteiger partial charge in [0.2, 0.25) is 0 Å². The third-order valence-corrected chi connectivity index (χ3v) is 4.31. The third kappa shape index (κ3) is 2.74. The lowest BCUT2D eigenvalue weighted by Gasteiger charge is -2.16. The molecule has 2 aliphatic rings. The summed E-state index contributed by atoms with van der Waals surface area (Å²) < 4.78 is 11.5. The molecule has 1 aromatic carbocycles. The first kappa shape index (κ1) is 13.3. The number of methoxy groups -OCH3 is 1. The summed E-state index contributed by atoms with van der Waals surface area (Å²) in [5, 5.41) is 11.7. The quantitative estimate of drug-likeness (QED) is 0.507. The summed E-state index contributed by atoms with van der Waals surface area (Å²) in [4.78, 5) is 0. The first-order chi connectivity index (χ1) is 9.81. The van der Waals surface area contributed by atoms with Gasteiger partial charge in [-0.3, -0.25) is 0 Å². The normalized spacial score (nSPS) is 26.1. The SMILES string of the molecule is COc1ccc(C2CC2C=NO)cc1OC1CCCC1. The maximum Gasteiger partial charge on any atom is 0.161 e. The molecular formula is C16H21NO3. The predicted molar refractivity (Wildman–Crippen MR) is 77.0 cm³/mol. The van der Waals surface area contributed by atoms with Crippen molar-refractivity contribution in [1.29, 1.82) is 0 Å². The summed E-state index contributed by atoms with van der Waals surface area (Å²) in [7, 11) is 1.68. The maximum absolute atomic E-state index is 8.59. The number of ether oxygens (including phenoxy) is 2. The zero-order chi connectivity index (χ0) is 13.9. The van der Waals surface area contributed by atoms with Crippen molar-refractivity contribution >= 4 is 6.21 Å². The topological polar surface area (TPSA) is 51.0 Å². The van der Waals surface area contributed by atoms with Crippen molar-refractivity contribution in [2.75, 3.05) is 7.11 Å². The molecule has 1 N–H and O–H groups in total. The van der Waals surface area contributed by atoms with E-state index in [9.17, 15) is 0 Å². The van der Waals surface area contributed by atoms with Crippen LogP contribution in [-0.2, 0) is 0 Å². The molecule has 4 nitrogen and oxygen atoms in total. The van der Waals surface area contributed by atoms with Crippen LogP contribution in [0.15, 0.2) is 23.4 Å². The second kappa shape index (κ2) is 5.73. The molecule has 1 aromatic rings. The zero-order valence-electron chi connectivity index (χ0n) is 11.8. The van der Waals surface area contributed by atoms with E-state index in [1.165, 1.54) is 18.4 Å². The van der Waals surface area contributed by atoms with Crippen LogP contribution in [0.1, 0.15) is 43.6 Å². The molecule has 2 unspecified atom stereocenters. The van der Waals surface area contributed by atoms with Gasteiger partial charge in [0.25, 0.3) is 0 Å². The minimum atomic E-state index is 0.327. The smallest absolute Gasteiger partial charge is 0.161 e. The van der Waals surface area contributed by atoms with Gasteiger partial charge in [-0.1, -0.05) is 6.07 Å². The fourth-order valence-corrected chi connectivity index (χ4v) is 3.05. The maximum atomic E-state index is 8.59. The van der Waals surface area contributed by atoms with Crippen LogP contribution in [0.25, 0.3) is 0 Å². The second-order valence-corrected chi connectivity index (χ2v) is 5.71. The van der Waals surface area contributed by atoms with Gasteiger partial charge in [0.1, 0.15) is 0 Å². The van der Waals surface area contributed by atoms with E-state index >= 15 is 0 Å². The standard InChI is InChI=1S/C16H21NO3/c1-19-15-7-6-11(14-8-12(14)10-17-18)9-16(15)20-13-4-2-3-5-13/h6-7,9-10,12-14,18H,2-5,8H2,1H3. The van der Waals surface area contributed by atoms with Crippen LogP contribution in [0, 0.1) is 5.92 Å². The van der Waals surface area contributed by atoms with E-state index in [0.29, 0.717) is 17.9 Å². The van der Waals surface area contributed by atoms with Crippen LogP contribution in [0.2, 0.25) is 0 Å². The molecule has 2 fully saturated rings. The fraction of sp³-hybridized carbons (Fsp3) is 0.562. The number of nitrogens with zero attached hydrogens (tertiary/aromatic N) is 1. The van der Waals surface area contributed by atoms with Gasteiger partial charge in [-0.2, -0.15) is 0 Å². The highest BCUT2D eigenvalue weighted by Gasteiger charge is 2.37. The van der Waals surface area contributed by atoms with Gasteiger partial charge in [0.05, 0.1) is 13.2 Å². The predicted octanol–water partition coefficient (Wildman–Crippen LogP) is 3.58. The summed E-state index contributed by atoms with van der Waals surface area (Å²) in [6.07, 6.45) is 7.77. The van der Waals surface area contributed by atoms with E-state index in [1.807, 2.05) is 6.07 Å². The molecule has 2 saturated carbocycles. The molecule has 108 valence electrons. The monoisotopic (exact) mass is 275 g/mol. The summed E-state index contributed by atoms with van der Waals surface area (Å²) >= 11 is 0. The number of rotatable bonds is 5. The average Bonchev–Trinajstić information content (AvgIpc) is 3.04. The minimum absolute atomic E-state index is 0.327. The molecule has 2 aliphatic carbocycles. The number of hydrogen-bond donors (Lipinski definition) is 1. The molecule has 0 amide bonds. The molecular weight excluding hydrogens is 254 g/mol. The Balaban J connectivity index is 1.76. The van der Waals surface area contributed by atoms with E-state index in [1.54, 1.807) is 13.3 Å². The van der Waals surface area contributed by atoms with Crippen molar-refractivity contribution in [3.05, 3.63) is 23.8 Å². The van der Waals surface area contributed by atoms with Crippen molar-refractivity contribution in [2.45, 2.75) is 44.1 Å². The van der Waals surface area contributed by atoms with E-state index in [2.05, 4.69) is 17.3 Å². The van der Waals surface area contributed by atoms with E-state index in [0.717, 1.165) is 30.8 Å². The second-order valence-electron chi connectivity index (χ2n) is 5.71. The Labute approximate surface area is 119 Å². The lowest BCUT2D eigenvalue weighted by Crippen LogP contribution is -2.11. The molecule has 0 saturated heterocycles. The molecule has 0 spiro atoms. The van der Waals surface area contributed by atoms with Gasteiger partial charge in [0, 0.05) is 12.1 Å². The highest BCUT2D eigenvalue weighted by Crippen LogP contribution is 2.48. The molecule has 0 aliphatic heterocycles. The van der Waals surface area contributed by atoms with Crippen molar-refractivity contribution in [3.63, 3.8) is 0 Å². The third-order valence-electron chi connectivity index (χ3n) is 4.31. The zero-order valence-corrected chi connectivity index (χ0v) is 11.8. The fourth-order valence-electron chi connectivity index (χ4n) is 3.05. The largest absolute Gasteiger partial charge is 0.493 e. The van der Waals surface area contributed by atoms with E-state index in [-0.39, 0.29) is 0 Å². The Morgan fingerprint density at radius 2 is 2.05 bits per heavy atom. The molecule has 0 heterocycles. The lowest BCUT2D eigenvalue weighted by atomic mass is 10.1. The first-order valence-electron chi connectivity index (χ1n) is 7.34. The Morgan fingerprint density at radius 1 is 1.25 bits per heavy atom. The van der Waals surface area contributed by atoms with Gasteiger partial charge in [-0.25, -0.2) is 0 Å². The number of benzene rings is 1. The Bertz CT molecular complexity index is 494. The van der Waals surface area contributed by atoms with Crippen molar-refractivity contribution in [3.8, 4) is 11.5 Å². The van der Waals surface area contributed by atoms with Crippen LogP contribution in [0.4, 0.5) is 0 Å². The highest BCUT2D eigenvalue weighted by atomic mass is 16.5. The number of hydrogen-bond acceptors (Lipinski definition) is 4. The van der Waals surface area contributed by atoms with Crippen LogP contribution in [0.3, 0.4) is 0 Å². The van der Waals surface area contributed by atoms with Gasteiger partial charge >= 0.3 is 0 Å². The van der Waals surface area contributed by atoms with E-state index in [4.69, 9.17) is 14.7 Å². The molecule has 3 rings (SSSR count). The van der Waals surface area contributed by atoms with Gasteiger partial charge < -0.3 is 14.7 Å². The van der Waals surface area contributed by atoms with Crippen LogP contribution in [-0.4, -0.2) is 24.6 Å². The van der Waals surface area contributed by atoms with Crippen molar-refractivity contribution in [1.82, 2.24) is 0 Å². The summed E-state index contributed by atoms with van der Waals surface area (Å²) in [5.41, 5.74) is 1.24. The van der Waals surface area contributed by atoms with Gasteiger partial charge in [0.15, 0.2) is 11.5 Å². The first-order valence-corrected chi connectivity index (χ1v) is 7.34. The Morgan fingerprint density at radius 3 is 2.75 bits per heavy atom. The van der Waals surface area contributed by atoms with Crippen LogP contribution < -0.4 is 9.47 Å². The molecule has 20 heavy (non-hydrogen) atoms. The Hall–Kier alpha value is -1.71. The summed E-state index contributed by atoms with van der Waals surface area (Å²) in [6, 6.07) is 6.15. The van der Waals surface area contributed by atoms with Crippen LogP contribution >= 0.6 is 0 Å². The summed E-state index contributed by atoms with van der Waals surface area (Å²) in [6.45, 7) is 0. The van der Waals surface area contributed by atoms with Gasteiger partial charge in [-0.05, 0) is 55.7 Å². The Kier molecular flexibility index (Phi) is 3.81. The van der Waals surface area contributed by atoms with E-state index < -0.39 is 0 Å². The number of oxime groups is 1. The molecule has 0 radical (unpaired) electrons. The van der Waals surface area contributed by atoms with Crippen molar-refractivity contribution < 1.29 is 14.7 Å². The lowest BCUT2D eigenvalue weighted by molar-refractivity contribution is 0.200. The average molecular weight is 275 g/mol. The molecule has 2 atom stereocenters. The molecule has 0 bridgehead atoms.